The van der Waals surface area contributed by atoms with E-state index < -0.39 is 49.5 Å². The van der Waals surface area contributed by atoms with E-state index in [4.69, 9.17) is 9.47 Å². The third kappa shape index (κ3) is 33.2. The molecule has 1 rings (SSSR count). The molecule has 62 heavy (non-hydrogen) atoms. The normalized spacial score (nSPS) is 20.4. The first kappa shape index (κ1) is 58.7. The molecule has 1 fully saturated rings. The van der Waals surface area contributed by atoms with Gasteiger partial charge >= 0.3 is 0 Å². The third-order valence-corrected chi connectivity index (χ3v) is 12.8. The maximum absolute atomic E-state index is 13.0. The summed E-state index contributed by atoms with van der Waals surface area (Å²) in [5.41, 5.74) is 0. The molecule has 0 aromatic heterocycles. The number of carbonyl (C=O) groups is 1. The largest absolute Gasteiger partial charge is 0.394 e. The fraction of sp³-hybridized carbons (Fsp3) is 0.906. The molecule has 6 N–H and O–H groups in total. The van der Waals surface area contributed by atoms with E-state index in [1.807, 2.05) is 6.08 Å². The number of nitrogens with one attached hydrogen (secondary N) is 1. The number of carbonyl (C=O) groups excluding carboxylic acids is 1. The van der Waals surface area contributed by atoms with Crippen LogP contribution in [0.4, 0.5) is 0 Å². The molecule has 0 spiro atoms. The first-order valence-electron chi connectivity index (χ1n) is 26.6. The van der Waals surface area contributed by atoms with Crippen LogP contribution in [0.2, 0.25) is 0 Å². The highest BCUT2D eigenvalue weighted by Gasteiger charge is 2.44. The predicted octanol–water partition coefficient (Wildman–Crippen LogP) is 12.2. The fourth-order valence-electron chi connectivity index (χ4n) is 8.51. The van der Waals surface area contributed by atoms with Crippen LogP contribution in [0.1, 0.15) is 251 Å². The minimum absolute atomic E-state index is 0.179. The van der Waals surface area contributed by atoms with Crippen molar-refractivity contribution in [3.8, 4) is 0 Å². The van der Waals surface area contributed by atoms with Gasteiger partial charge in [0.05, 0.1) is 25.4 Å². The standard InChI is InChI=1S/C53H101NO8/c1-3-5-7-9-11-13-15-17-19-21-23-25-27-29-31-33-35-37-39-41-43-49(57)54-46(45-61-53-52(60)51(59)50(58)48(44-55)62-53)47(56)42-40-38-36-34-32-30-28-26-24-22-20-18-16-14-12-10-8-6-4-2/h23,25,40,42,46-48,50-53,55-56,58-60H,3-22,24,26-39,41,43-45H2,1-2H3,(H,54,57)/b25-23-,42-40+. The Kier molecular flexibility index (Phi) is 41.2. The van der Waals surface area contributed by atoms with Crippen molar-refractivity contribution in [3.05, 3.63) is 24.3 Å². The van der Waals surface area contributed by atoms with E-state index in [9.17, 15) is 30.3 Å². The van der Waals surface area contributed by atoms with Crippen LogP contribution in [-0.2, 0) is 14.3 Å². The van der Waals surface area contributed by atoms with Gasteiger partial charge in [-0.15, -0.1) is 0 Å². The highest BCUT2D eigenvalue weighted by atomic mass is 16.7. The highest BCUT2D eigenvalue weighted by molar-refractivity contribution is 5.76. The van der Waals surface area contributed by atoms with Gasteiger partial charge in [-0.2, -0.15) is 0 Å². The SMILES string of the molecule is CCCCCCCCCCC/C=C\CCCCCCCCCC(=O)NC(COC1OC(CO)C(O)C(O)C1O)C(O)/C=C/CCCCCCCCCCCCCCCCCCC. The molecule has 7 unspecified atom stereocenters. The summed E-state index contributed by atoms with van der Waals surface area (Å²) in [6.45, 7) is 3.80. The first-order chi connectivity index (χ1) is 30.3. The Hall–Kier alpha value is -1.33. The molecule has 0 aromatic carbocycles. The Labute approximate surface area is 381 Å². The quantitative estimate of drug-likeness (QED) is 0.0262. The van der Waals surface area contributed by atoms with Crippen molar-refractivity contribution < 1.29 is 39.8 Å². The van der Waals surface area contributed by atoms with Gasteiger partial charge in [-0.05, 0) is 44.9 Å². The van der Waals surface area contributed by atoms with Crippen molar-refractivity contribution in [3.63, 3.8) is 0 Å². The summed E-state index contributed by atoms with van der Waals surface area (Å²) < 4.78 is 11.2. The Bertz CT molecular complexity index is 1020. The lowest BCUT2D eigenvalue weighted by atomic mass is 9.99. The molecule has 9 heteroatoms. The predicted molar refractivity (Wildman–Crippen MR) is 258 cm³/mol. The molecule has 0 bridgehead atoms. The van der Waals surface area contributed by atoms with E-state index in [1.165, 1.54) is 193 Å². The third-order valence-electron chi connectivity index (χ3n) is 12.8. The second kappa shape index (κ2) is 43.6. The lowest BCUT2D eigenvalue weighted by Gasteiger charge is -2.40. The Balaban J connectivity index is 2.28. The van der Waals surface area contributed by atoms with Crippen LogP contribution in [0, 0.1) is 0 Å². The number of hydrogen-bond donors (Lipinski definition) is 6. The topological polar surface area (TPSA) is 149 Å². The monoisotopic (exact) mass is 880 g/mol. The molecule has 366 valence electrons. The van der Waals surface area contributed by atoms with Gasteiger partial charge in [-0.25, -0.2) is 0 Å². The molecule has 0 aromatic rings. The molecule has 0 aliphatic carbocycles. The second-order valence-corrected chi connectivity index (χ2v) is 18.7. The van der Waals surface area contributed by atoms with Gasteiger partial charge < -0.3 is 40.3 Å². The molecule has 1 saturated heterocycles. The highest BCUT2D eigenvalue weighted by Crippen LogP contribution is 2.23. The van der Waals surface area contributed by atoms with Crippen molar-refractivity contribution in [1.29, 1.82) is 0 Å². The summed E-state index contributed by atoms with van der Waals surface area (Å²) in [4.78, 5) is 13.0. The number of allylic oxidation sites excluding steroid dienone is 3. The van der Waals surface area contributed by atoms with Crippen LogP contribution in [-0.4, -0.2) is 87.5 Å². The molecule has 1 aliphatic rings. The van der Waals surface area contributed by atoms with Gasteiger partial charge in [-0.1, -0.05) is 224 Å². The van der Waals surface area contributed by atoms with Crippen LogP contribution in [0.15, 0.2) is 24.3 Å². The smallest absolute Gasteiger partial charge is 0.220 e. The van der Waals surface area contributed by atoms with E-state index in [1.54, 1.807) is 6.08 Å². The number of aliphatic hydroxyl groups is 5. The molecule has 1 amide bonds. The molecule has 7 atom stereocenters. The zero-order valence-electron chi connectivity index (χ0n) is 40.4. The van der Waals surface area contributed by atoms with E-state index in [0.29, 0.717) is 6.42 Å². The van der Waals surface area contributed by atoms with E-state index in [2.05, 4.69) is 31.3 Å². The fourth-order valence-corrected chi connectivity index (χ4v) is 8.51. The summed E-state index contributed by atoms with van der Waals surface area (Å²) in [6, 6.07) is -0.805. The van der Waals surface area contributed by atoms with Crippen molar-refractivity contribution in [1.82, 2.24) is 5.32 Å². The van der Waals surface area contributed by atoms with Gasteiger partial charge in [0.25, 0.3) is 0 Å². The van der Waals surface area contributed by atoms with Crippen LogP contribution in [0.25, 0.3) is 0 Å². The maximum atomic E-state index is 13.0. The van der Waals surface area contributed by atoms with Gasteiger partial charge in [0.2, 0.25) is 5.91 Å². The summed E-state index contributed by atoms with van der Waals surface area (Å²) in [6.07, 6.45) is 46.5. The molecule has 1 aliphatic heterocycles. The summed E-state index contributed by atoms with van der Waals surface area (Å²) in [5.74, 6) is -0.179. The van der Waals surface area contributed by atoms with Crippen molar-refractivity contribution in [2.24, 2.45) is 0 Å². The van der Waals surface area contributed by atoms with E-state index in [0.717, 1.165) is 38.5 Å². The zero-order chi connectivity index (χ0) is 45.1. The number of ether oxygens (including phenoxy) is 2. The Morgan fingerprint density at radius 2 is 0.903 bits per heavy atom. The number of hydrogen-bond acceptors (Lipinski definition) is 8. The van der Waals surface area contributed by atoms with Crippen LogP contribution in [0.3, 0.4) is 0 Å². The number of rotatable bonds is 45. The van der Waals surface area contributed by atoms with Gasteiger partial charge in [0, 0.05) is 6.42 Å². The summed E-state index contributed by atoms with van der Waals surface area (Å²) >= 11 is 0. The van der Waals surface area contributed by atoms with Crippen molar-refractivity contribution in [2.45, 2.75) is 294 Å². The average molecular weight is 880 g/mol. The molecular formula is C53H101NO8. The lowest BCUT2D eigenvalue weighted by Crippen LogP contribution is -2.60. The van der Waals surface area contributed by atoms with Crippen LogP contribution >= 0.6 is 0 Å². The van der Waals surface area contributed by atoms with Crippen LogP contribution < -0.4 is 5.32 Å². The van der Waals surface area contributed by atoms with Gasteiger partial charge in [-0.3, -0.25) is 4.79 Å². The maximum Gasteiger partial charge on any atom is 0.220 e. The first-order valence-corrected chi connectivity index (χ1v) is 26.6. The molecular weight excluding hydrogens is 779 g/mol. The minimum Gasteiger partial charge on any atom is -0.394 e. The zero-order valence-corrected chi connectivity index (χ0v) is 40.4. The molecule has 0 saturated carbocycles. The van der Waals surface area contributed by atoms with E-state index in [-0.39, 0.29) is 12.5 Å². The second-order valence-electron chi connectivity index (χ2n) is 18.7. The lowest BCUT2D eigenvalue weighted by molar-refractivity contribution is -0.302. The molecule has 1 heterocycles. The van der Waals surface area contributed by atoms with Crippen LogP contribution in [0.5, 0.6) is 0 Å². The van der Waals surface area contributed by atoms with Gasteiger partial charge in [0.15, 0.2) is 6.29 Å². The number of amides is 1. The molecule has 9 nitrogen and oxygen atoms in total. The average Bonchev–Trinajstić information content (AvgIpc) is 3.27. The Morgan fingerprint density at radius 1 is 0.532 bits per heavy atom. The molecule has 0 radical (unpaired) electrons. The minimum atomic E-state index is -1.57. The van der Waals surface area contributed by atoms with Crippen molar-refractivity contribution >= 4 is 5.91 Å². The summed E-state index contributed by atoms with van der Waals surface area (Å²) in [7, 11) is 0. The van der Waals surface area contributed by atoms with E-state index >= 15 is 0 Å². The number of aliphatic hydroxyl groups excluding tert-OH is 5. The summed E-state index contributed by atoms with van der Waals surface area (Å²) in [5, 5.41) is 54.4. The number of unbranched alkanes of at least 4 members (excludes halogenated alkanes) is 33. The van der Waals surface area contributed by atoms with Gasteiger partial charge in [0.1, 0.15) is 24.4 Å². The van der Waals surface area contributed by atoms with Crippen molar-refractivity contribution in [2.75, 3.05) is 13.2 Å². The Morgan fingerprint density at radius 3 is 1.31 bits per heavy atom.